The molecule has 0 aliphatic rings. The lowest BCUT2D eigenvalue weighted by atomic mass is 10.0. The van der Waals surface area contributed by atoms with Gasteiger partial charge >= 0.3 is 6.36 Å². The van der Waals surface area contributed by atoms with Crippen LogP contribution in [0.15, 0.2) is 79.1 Å². The van der Waals surface area contributed by atoms with Crippen molar-refractivity contribution in [1.29, 1.82) is 0 Å². The lowest BCUT2D eigenvalue weighted by Gasteiger charge is -2.21. The molecule has 0 spiro atoms. The van der Waals surface area contributed by atoms with E-state index in [0.29, 0.717) is 17.1 Å². The number of anilines is 1. The Balaban J connectivity index is 1.73. The van der Waals surface area contributed by atoms with Crippen LogP contribution in [0.3, 0.4) is 0 Å². The van der Waals surface area contributed by atoms with E-state index in [9.17, 15) is 13.2 Å². The molecule has 2 heterocycles. The monoisotopic (exact) mass is 464 g/mol. The highest BCUT2D eigenvalue weighted by Gasteiger charge is 2.31. The minimum atomic E-state index is -4.73. The summed E-state index contributed by atoms with van der Waals surface area (Å²) in [4.78, 5) is 16.1. The van der Waals surface area contributed by atoms with Gasteiger partial charge in [0.25, 0.3) is 0 Å². The smallest absolute Gasteiger partial charge is 0.406 e. The fourth-order valence-electron chi connectivity index (χ4n) is 3.60. The second kappa shape index (κ2) is 9.91. The molecule has 0 radical (unpaired) electrons. The van der Waals surface area contributed by atoms with Gasteiger partial charge in [-0.25, -0.2) is 9.97 Å². The number of pyridine rings is 1. The van der Waals surface area contributed by atoms with Gasteiger partial charge in [-0.15, -0.1) is 13.2 Å². The van der Waals surface area contributed by atoms with Crippen molar-refractivity contribution >= 4 is 5.82 Å². The molecular weight excluding hydrogens is 441 g/mol. The first-order chi connectivity index (χ1) is 16.4. The Labute approximate surface area is 195 Å². The molecule has 0 bridgehead atoms. The zero-order valence-electron chi connectivity index (χ0n) is 18.8. The number of alkyl halides is 3. The van der Waals surface area contributed by atoms with Crippen molar-refractivity contribution < 1.29 is 17.9 Å². The molecule has 0 aliphatic heterocycles. The third-order valence-corrected chi connectivity index (χ3v) is 5.29. The van der Waals surface area contributed by atoms with Crippen molar-refractivity contribution in [2.24, 2.45) is 0 Å². The van der Waals surface area contributed by atoms with E-state index >= 15 is 0 Å². The lowest BCUT2D eigenvalue weighted by Crippen LogP contribution is -2.23. The summed E-state index contributed by atoms with van der Waals surface area (Å²) < 4.78 is 41.3. The summed E-state index contributed by atoms with van der Waals surface area (Å²) in [6.07, 6.45) is -1.35. The van der Waals surface area contributed by atoms with E-state index in [1.807, 2.05) is 42.5 Å². The predicted molar refractivity (Wildman–Crippen MR) is 126 cm³/mol. The number of ether oxygens (including phenoxy) is 1. The Hall–Kier alpha value is -3.94. The maximum absolute atomic E-state index is 12.5. The molecule has 0 atom stereocenters. The van der Waals surface area contributed by atoms with Crippen LogP contribution in [0.1, 0.15) is 13.8 Å². The fraction of sp³-hybridized carbons (Fsp3) is 0.192. The first-order valence-electron chi connectivity index (χ1n) is 10.9. The molecule has 2 aromatic heterocycles. The number of nitrogens with zero attached hydrogens (tertiary/aromatic N) is 4. The molecule has 0 aliphatic carbocycles. The normalized spacial score (nSPS) is 11.3. The summed E-state index contributed by atoms with van der Waals surface area (Å²) in [6, 6.07) is 19.3. The predicted octanol–water partition coefficient (Wildman–Crippen LogP) is 6.62. The maximum Gasteiger partial charge on any atom is 0.573 e. The van der Waals surface area contributed by atoms with E-state index in [1.54, 1.807) is 24.5 Å². The molecule has 4 aromatic rings. The second-order valence-electron chi connectivity index (χ2n) is 7.51. The fourth-order valence-corrected chi connectivity index (χ4v) is 3.60. The summed E-state index contributed by atoms with van der Waals surface area (Å²) in [7, 11) is 0. The molecule has 0 N–H and O–H groups in total. The van der Waals surface area contributed by atoms with Gasteiger partial charge in [-0.3, -0.25) is 4.98 Å². The highest BCUT2D eigenvalue weighted by atomic mass is 19.4. The van der Waals surface area contributed by atoms with Gasteiger partial charge in [0.05, 0.1) is 5.69 Å². The largest absolute Gasteiger partial charge is 0.573 e. The van der Waals surface area contributed by atoms with E-state index in [0.717, 1.165) is 35.6 Å². The van der Waals surface area contributed by atoms with Gasteiger partial charge < -0.3 is 9.64 Å². The molecule has 8 heteroatoms. The number of halogens is 3. The van der Waals surface area contributed by atoms with Crippen LogP contribution in [-0.2, 0) is 0 Å². The molecule has 5 nitrogen and oxygen atoms in total. The molecule has 0 amide bonds. The van der Waals surface area contributed by atoms with Crippen LogP contribution in [0.25, 0.3) is 33.8 Å². The number of hydrogen-bond acceptors (Lipinski definition) is 5. The third-order valence-electron chi connectivity index (χ3n) is 5.29. The van der Waals surface area contributed by atoms with Gasteiger partial charge in [-0.05, 0) is 37.6 Å². The quantitative estimate of drug-likeness (QED) is 0.308. The zero-order chi connectivity index (χ0) is 24.1. The van der Waals surface area contributed by atoms with E-state index in [2.05, 4.69) is 28.5 Å². The van der Waals surface area contributed by atoms with Crippen LogP contribution in [0, 0.1) is 0 Å². The van der Waals surface area contributed by atoms with Gasteiger partial charge in [-0.1, -0.05) is 42.5 Å². The summed E-state index contributed by atoms with van der Waals surface area (Å²) >= 11 is 0. The van der Waals surface area contributed by atoms with Crippen LogP contribution in [0.5, 0.6) is 5.75 Å². The average Bonchev–Trinajstić information content (AvgIpc) is 2.85. The Kier molecular flexibility index (Phi) is 6.77. The number of aromatic nitrogens is 3. The van der Waals surface area contributed by atoms with Crippen molar-refractivity contribution in [3.63, 3.8) is 0 Å². The SMILES string of the molecule is CCN(CC)c1cc(-c2cncc(-c3ccc(OC(F)(F)F)cc3)c2)nc(-c2ccccc2)n1. The molecule has 34 heavy (non-hydrogen) atoms. The second-order valence-corrected chi connectivity index (χ2v) is 7.51. The molecular formula is C26H23F3N4O. The first-order valence-corrected chi connectivity index (χ1v) is 10.9. The highest BCUT2D eigenvalue weighted by molar-refractivity contribution is 5.73. The van der Waals surface area contributed by atoms with Crippen LogP contribution >= 0.6 is 0 Å². The van der Waals surface area contributed by atoms with Gasteiger partial charge in [0.2, 0.25) is 0 Å². The van der Waals surface area contributed by atoms with Crippen LogP contribution in [0.2, 0.25) is 0 Å². The van der Waals surface area contributed by atoms with Crippen molar-refractivity contribution in [2.75, 3.05) is 18.0 Å². The minimum absolute atomic E-state index is 0.271. The first kappa shape index (κ1) is 23.2. The maximum atomic E-state index is 12.5. The van der Waals surface area contributed by atoms with E-state index in [-0.39, 0.29) is 5.75 Å². The van der Waals surface area contributed by atoms with Crippen LogP contribution in [-0.4, -0.2) is 34.4 Å². The van der Waals surface area contributed by atoms with E-state index < -0.39 is 6.36 Å². The topological polar surface area (TPSA) is 51.1 Å². The van der Waals surface area contributed by atoms with E-state index in [4.69, 9.17) is 9.97 Å². The minimum Gasteiger partial charge on any atom is -0.406 e. The third kappa shape index (κ3) is 5.51. The average molecular weight is 464 g/mol. The Morgan fingerprint density at radius 1 is 0.765 bits per heavy atom. The van der Waals surface area contributed by atoms with Crippen molar-refractivity contribution in [1.82, 2.24) is 15.0 Å². The summed E-state index contributed by atoms with van der Waals surface area (Å²) in [5.74, 6) is 1.15. The number of benzene rings is 2. The lowest BCUT2D eigenvalue weighted by molar-refractivity contribution is -0.274. The van der Waals surface area contributed by atoms with E-state index in [1.165, 1.54) is 12.1 Å². The number of rotatable bonds is 7. The highest BCUT2D eigenvalue weighted by Crippen LogP contribution is 2.30. The Morgan fingerprint density at radius 3 is 2.09 bits per heavy atom. The standard InChI is InChI=1S/C26H23F3N4O/c1-3-33(4-2)24-15-23(31-25(32-24)19-8-6-5-7-9-19)21-14-20(16-30-17-21)18-10-12-22(13-11-18)34-26(27,28)29/h5-17H,3-4H2,1-2H3. The zero-order valence-corrected chi connectivity index (χ0v) is 18.8. The van der Waals surface area contributed by atoms with Crippen molar-refractivity contribution in [3.8, 4) is 39.5 Å². The molecule has 0 saturated carbocycles. The molecule has 4 rings (SSSR count). The Morgan fingerprint density at radius 2 is 1.44 bits per heavy atom. The van der Waals surface area contributed by atoms with Crippen LogP contribution in [0.4, 0.5) is 19.0 Å². The van der Waals surface area contributed by atoms with Gasteiger partial charge in [-0.2, -0.15) is 0 Å². The van der Waals surface area contributed by atoms with Crippen LogP contribution < -0.4 is 9.64 Å². The number of hydrogen-bond donors (Lipinski definition) is 0. The summed E-state index contributed by atoms with van der Waals surface area (Å²) in [5.41, 5.74) is 3.86. The van der Waals surface area contributed by atoms with Gasteiger partial charge in [0, 0.05) is 48.2 Å². The van der Waals surface area contributed by atoms with Gasteiger partial charge in [0.1, 0.15) is 11.6 Å². The summed E-state index contributed by atoms with van der Waals surface area (Å²) in [5, 5.41) is 0. The van der Waals surface area contributed by atoms with Crippen molar-refractivity contribution in [2.45, 2.75) is 20.2 Å². The molecule has 174 valence electrons. The molecule has 0 fully saturated rings. The molecule has 0 saturated heterocycles. The van der Waals surface area contributed by atoms with Crippen molar-refractivity contribution in [3.05, 3.63) is 79.1 Å². The van der Waals surface area contributed by atoms with Gasteiger partial charge in [0.15, 0.2) is 5.82 Å². The molecule has 0 unspecified atom stereocenters. The Bertz CT molecular complexity index is 1240. The summed E-state index contributed by atoms with van der Waals surface area (Å²) in [6.45, 7) is 5.74. The molecule has 2 aromatic carbocycles.